The number of carbonyl (C=O) groups is 1. The molecule has 5 heteroatoms. The van der Waals surface area contributed by atoms with Gasteiger partial charge in [0.25, 0.3) is 0 Å². The molecule has 96 valence electrons. The molecule has 1 unspecified atom stereocenters. The number of amides is 1. The van der Waals surface area contributed by atoms with Gasteiger partial charge in [-0.25, -0.2) is 0 Å². The van der Waals surface area contributed by atoms with Crippen molar-refractivity contribution in [2.24, 2.45) is 7.05 Å². The zero-order valence-electron chi connectivity index (χ0n) is 11.0. The number of nitrogens with zero attached hydrogens (tertiary/aromatic N) is 2. The summed E-state index contributed by atoms with van der Waals surface area (Å²) < 4.78 is 1.70. The number of hydrogen-bond donors (Lipinski definition) is 2. The Labute approximate surface area is 103 Å². The summed E-state index contributed by atoms with van der Waals surface area (Å²) in [6, 6.07) is 0.0143. The number of aryl methyl sites for hydroxylation is 1. The van der Waals surface area contributed by atoms with Gasteiger partial charge in [-0.05, 0) is 19.8 Å². The Morgan fingerprint density at radius 3 is 2.59 bits per heavy atom. The van der Waals surface area contributed by atoms with Crippen molar-refractivity contribution in [3.05, 3.63) is 12.4 Å². The molecule has 0 saturated carbocycles. The highest BCUT2D eigenvalue weighted by atomic mass is 16.2. The molecule has 0 aliphatic heterocycles. The highest BCUT2D eigenvalue weighted by molar-refractivity contribution is 5.84. The van der Waals surface area contributed by atoms with Gasteiger partial charge in [0.05, 0.1) is 11.9 Å². The number of anilines is 1. The highest BCUT2D eigenvalue weighted by Crippen LogP contribution is 2.06. The van der Waals surface area contributed by atoms with Crippen molar-refractivity contribution in [1.82, 2.24) is 15.1 Å². The van der Waals surface area contributed by atoms with Gasteiger partial charge in [0.15, 0.2) is 0 Å². The summed E-state index contributed by atoms with van der Waals surface area (Å²) in [5.41, 5.74) is 0.861. The van der Waals surface area contributed by atoms with Crippen LogP contribution in [0.25, 0.3) is 0 Å². The smallest absolute Gasteiger partial charge is 0.242 e. The maximum Gasteiger partial charge on any atom is 0.242 e. The van der Waals surface area contributed by atoms with Crippen LogP contribution in [0.15, 0.2) is 12.4 Å². The van der Waals surface area contributed by atoms with Crippen LogP contribution < -0.4 is 10.6 Å². The minimum absolute atomic E-state index is 0.0301. The van der Waals surface area contributed by atoms with Gasteiger partial charge in [-0.15, -0.1) is 0 Å². The lowest BCUT2D eigenvalue weighted by atomic mass is 10.1. The van der Waals surface area contributed by atoms with Crippen molar-refractivity contribution in [2.45, 2.75) is 45.7 Å². The second-order valence-corrected chi connectivity index (χ2v) is 4.29. The number of carbonyl (C=O) groups excluding carboxylic acids is 1. The van der Waals surface area contributed by atoms with E-state index in [9.17, 15) is 4.79 Å². The lowest BCUT2D eigenvalue weighted by molar-refractivity contribution is -0.122. The van der Waals surface area contributed by atoms with E-state index in [0.29, 0.717) is 0 Å². The number of nitrogens with one attached hydrogen (secondary N) is 2. The molecule has 0 aliphatic carbocycles. The van der Waals surface area contributed by atoms with E-state index in [0.717, 1.165) is 18.5 Å². The fourth-order valence-corrected chi connectivity index (χ4v) is 1.63. The Bertz CT molecular complexity index is 357. The molecule has 1 atom stereocenters. The predicted molar refractivity (Wildman–Crippen MR) is 68.8 cm³/mol. The quantitative estimate of drug-likeness (QED) is 0.790. The van der Waals surface area contributed by atoms with Crippen LogP contribution in [0.2, 0.25) is 0 Å². The Morgan fingerprint density at radius 2 is 2.12 bits per heavy atom. The summed E-state index contributed by atoms with van der Waals surface area (Å²) in [6.45, 7) is 6.01. The van der Waals surface area contributed by atoms with Crippen LogP contribution in [-0.2, 0) is 11.8 Å². The molecule has 1 heterocycles. The van der Waals surface area contributed by atoms with Crippen LogP contribution in [0.5, 0.6) is 0 Å². The lowest BCUT2D eigenvalue weighted by Crippen LogP contribution is -2.42. The van der Waals surface area contributed by atoms with Crippen LogP contribution >= 0.6 is 0 Å². The van der Waals surface area contributed by atoms with E-state index in [-0.39, 0.29) is 18.0 Å². The standard InChI is InChI=1S/C12H22N4O/c1-5-10(6-2)15-12(17)9(3)14-11-7-13-16(4)8-11/h7-10,14H,5-6H2,1-4H3,(H,15,17). The largest absolute Gasteiger partial charge is 0.371 e. The van der Waals surface area contributed by atoms with Crippen molar-refractivity contribution in [1.29, 1.82) is 0 Å². The lowest BCUT2D eigenvalue weighted by Gasteiger charge is -2.19. The monoisotopic (exact) mass is 238 g/mol. The summed E-state index contributed by atoms with van der Waals surface area (Å²) in [6.07, 6.45) is 5.48. The average Bonchev–Trinajstić information content (AvgIpc) is 2.71. The molecule has 2 N–H and O–H groups in total. The van der Waals surface area contributed by atoms with Gasteiger partial charge in [0, 0.05) is 19.3 Å². The number of rotatable bonds is 6. The fraction of sp³-hybridized carbons (Fsp3) is 0.667. The maximum absolute atomic E-state index is 11.9. The first-order chi connectivity index (χ1) is 8.06. The third-order valence-electron chi connectivity index (χ3n) is 2.81. The Kier molecular flexibility index (Phi) is 5.00. The molecular weight excluding hydrogens is 216 g/mol. The first-order valence-electron chi connectivity index (χ1n) is 6.12. The van der Waals surface area contributed by atoms with Gasteiger partial charge in [-0.2, -0.15) is 5.10 Å². The Balaban J connectivity index is 2.46. The van der Waals surface area contributed by atoms with Gasteiger partial charge in [0.1, 0.15) is 6.04 Å². The molecule has 0 aliphatic rings. The Hall–Kier alpha value is -1.52. The minimum Gasteiger partial charge on any atom is -0.371 e. The summed E-state index contributed by atoms with van der Waals surface area (Å²) in [4.78, 5) is 11.9. The first kappa shape index (κ1) is 13.5. The highest BCUT2D eigenvalue weighted by Gasteiger charge is 2.15. The summed E-state index contributed by atoms with van der Waals surface area (Å²) in [5.74, 6) is 0.0301. The molecule has 1 aromatic rings. The van der Waals surface area contributed by atoms with Crippen LogP contribution in [0, 0.1) is 0 Å². The zero-order valence-corrected chi connectivity index (χ0v) is 11.0. The van der Waals surface area contributed by atoms with Crippen molar-refractivity contribution < 1.29 is 4.79 Å². The molecule has 0 radical (unpaired) electrons. The third kappa shape index (κ3) is 4.09. The summed E-state index contributed by atoms with van der Waals surface area (Å²) in [7, 11) is 1.85. The summed E-state index contributed by atoms with van der Waals surface area (Å²) in [5, 5.41) is 10.2. The van der Waals surface area contributed by atoms with Gasteiger partial charge in [-0.3, -0.25) is 9.48 Å². The topological polar surface area (TPSA) is 59.0 Å². The third-order valence-corrected chi connectivity index (χ3v) is 2.81. The maximum atomic E-state index is 11.9. The first-order valence-corrected chi connectivity index (χ1v) is 6.12. The van der Waals surface area contributed by atoms with Crippen molar-refractivity contribution in [3.63, 3.8) is 0 Å². The minimum atomic E-state index is -0.250. The van der Waals surface area contributed by atoms with E-state index in [4.69, 9.17) is 0 Å². The average molecular weight is 238 g/mol. The van der Waals surface area contributed by atoms with E-state index in [1.54, 1.807) is 10.9 Å². The molecular formula is C12H22N4O. The van der Waals surface area contributed by atoms with E-state index in [1.807, 2.05) is 20.2 Å². The predicted octanol–water partition coefficient (Wildman–Crippen LogP) is 1.53. The fourth-order valence-electron chi connectivity index (χ4n) is 1.63. The molecule has 0 saturated heterocycles. The van der Waals surface area contributed by atoms with Gasteiger partial charge in [-0.1, -0.05) is 13.8 Å². The van der Waals surface area contributed by atoms with Crippen molar-refractivity contribution >= 4 is 11.6 Å². The zero-order chi connectivity index (χ0) is 12.8. The van der Waals surface area contributed by atoms with E-state index >= 15 is 0 Å². The van der Waals surface area contributed by atoms with Crippen molar-refractivity contribution in [2.75, 3.05) is 5.32 Å². The number of hydrogen-bond acceptors (Lipinski definition) is 3. The van der Waals surface area contributed by atoms with Crippen LogP contribution in [0.4, 0.5) is 5.69 Å². The molecule has 0 fully saturated rings. The molecule has 0 spiro atoms. The van der Waals surface area contributed by atoms with Crippen LogP contribution in [-0.4, -0.2) is 27.8 Å². The molecule has 5 nitrogen and oxygen atoms in total. The second kappa shape index (κ2) is 6.27. The van der Waals surface area contributed by atoms with Crippen molar-refractivity contribution in [3.8, 4) is 0 Å². The van der Waals surface area contributed by atoms with Gasteiger partial charge >= 0.3 is 0 Å². The number of aromatic nitrogens is 2. The molecule has 0 aromatic carbocycles. The van der Waals surface area contributed by atoms with E-state index in [1.165, 1.54) is 0 Å². The van der Waals surface area contributed by atoms with Crippen LogP contribution in [0.3, 0.4) is 0 Å². The normalized spacial score (nSPS) is 12.5. The van der Waals surface area contributed by atoms with Gasteiger partial charge in [0.2, 0.25) is 5.91 Å². The van der Waals surface area contributed by atoms with Gasteiger partial charge < -0.3 is 10.6 Å². The molecule has 0 bridgehead atoms. The van der Waals surface area contributed by atoms with E-state index in [2.05, 4.69) is 29.6 Å². The Morgan fingerprint density at radius 1 is 1.47 bits per heavy atom. The summed E-state index contributed by atoms with van der Waals surface area (Å²) >= 11 is 0. The van der Waals surface area contributed by atoms with E-state index < -0.39 is 0 Å². The second-order valence-electron chi connectivity index (χ2n) is 4.29. The molecule has 1 rings (SSSR count). The SMILES string of the molecule is CCC(CC)NC(=O)C(C)Nc1cnn(C)c1. The molecule has 17 heavy (non-hydrogen) atoms. The van der Waals surface area contributed by atoms with Crippen LogP contribution in [0.1, 0.15) is 33.6 Å². The molecule has 1 amide bonds. The molecule has 1 aromatic heterocycles.